The van der Waals surface area contributed by atoms with Crippen molar-refractivity contribution >= 4 is 35.1 Å². The second kappa shape index (κ2) is 8.07. The van der Waals surface area contributed by atoms with Crippen LogP contribution >= 0.6 is 11.6 Å². The van der Waals surface area contributed by atoms with Crippen molar-refractivity contribution in [1.82, 2.24) is 4.90 Å². The zero-order chi connectivity index (χ0) is 17.7. The van der Waals surface area contributed by atoms with Gasteiger partial charge in [0.2, 0.25) is 11.8 Å². The summed E-state index contributed by atoms with van der Waals surface area (Å²) in [6.07, 6.45) is -0.702. The highest BCUT2D eigenvalue weighted by Gasteiger charge is 2.30. The number of hydrogen-bond donors (Lipinski definition) is 2. The van der Waals surface area contributed by atoms with Crippen molar-refractivity contribution in [2.24, 2.45) is 0 Å². The van der Waals surface area contributed by atoms with Crippen LogP contribution in [0.1, 0.15) is 12.8 Å². The summed E-state index contributed by atoms with van der Waals surface area (Å²) in [6, 6.07) is 3.06. The van der Waals surface area contributed by atoms with Crippen LogP contribution in [0.15, 0.2) is 18.2 Å². The minimum Gasteiger partial charge on any atom is -0.481 e. The topological polar surface area (TPSA) is 95.9 Å². The monoisotopic (exact) mass is 358 g/mol. The van der Waals surface area contributed by atoms with Crippen LogP contribution in [-0.4, -0.2) is 53.6 Å². The summed E-state index contributed by atoms with van der Waals surface area (Å²) in [5, 5.41) is 11.2. The molecule has 1 aromatic carbocycles. The molecule has 0 radical (unpaired) electrons. The highest BCUT2D eigenvalue weighted by molar-refractivity contribution is 6.31. The minimum absolute atomic E-state index is 0.118. The number of halogens is 2. The smallest absolute Gasteiger partial charge is 0.305 e. The number of amides is 2. The second-order valence-electron chi connectivity index (χ2n) is 5.27. The lowest BCUT2D eigenvalue weighted by Gasteiger charge is -2.34. The minimum atomic E-state index is -1.05. The zero-order valence-corrected chi connectivity index (χ0v) is 13.4. The first-order valence-corrected chi connectivity index (χ1v) is 7.58. The molecular weight excluding hydrogens is 343 g/mol. The van der Waals surface area contributed by atoms with E-state index in [1.807, 2.05) is 0 Å². The van der Waals surface area contributed by atoms with Gasteiger partial charge in [-0.2, -0.15) is 0 Å². The van der Waals surface area contributed by atoms with Crippen LogP contribution in [-0.2, 0) is 19.1 Å². The van der Waals surface area contributed by atoms with Crippen LogP contribution in [0.4, 0.5) is 10.1 Å². The Bertz CT molecular complexity index is 655. The molecular formula is C15H16ClFN2O5. The van der Waals surface area contributed by atoms with E-state index in [1.165, 1.54) is 17.0 Å². The summed E-state index contributed by atoms with van der Waals surface area (Å²) < 4.78 is 18.3. The molecule has 1 aromatic rings. The zero-order valence-electron chi connectivity index (χ0n) is 12.6. The summed E-state index contributed by atoms with van der Waals surface area (Å²) in [4.78, 5) is 36.4. The van der Waals surface area contributed by atoms with Gasteiger partial charge in [-0.1, -0.05) is 11.6 Å². The number of morpholine rings is 1. The Morgan fingerprint density at radius 1 is 1.42 bits per heavy atom. The van der Waals surface area contributed by atoms with E-state index in [0.29, 0.717) is 0 Å². The molecule has 0 aromatic heterocycles. The summed E-state index contributed by atoms with van der Waals surface area (Å²) in [5.41, 5.74) is 0.267. The Labute approximate surface area is 142 Å². The molecule has 9 heteroatoms. The van der Waals surface area contributed by atoms with Crippen molar-refractivity contribution in [3.8, 4) is 0 Å². The van der Waals surface area contributed by atoms with Crippen molar-refractivity contribution in [2.45, 2.75) is 18.9 Å². The van der Waals surface area contributed by atoms with Gasteiger partial charge < -0.3 is 20.1 Å². The number of anilines is 1. The maximum atomic E-state index is 13.1. The van der Waals surface area contributed by atoms with E-state index in [1.54, 1.807) is 0 Å². The fourth-order valence-electron chi connectivity index (χ4n) is 2.37. The van der Waals surface area contributed by atoms with Gasteiger partial charge in [0.05, 0.1) is 30.7 Å². The predicted octanol–water partition coefficient (Wildman–Crippen LogP) is 1.51. The molecule has 2 N–H and O–H groups in total. The van der Waals surface area contributed by atoms with Crippen LogP contribution in [0.5, 0.6) is 0 Å². The first-order chi connectivity index (χ1) is 11.4. The first kappa shape index (κ1) is 18.2. The number of benzene rings is 1. The number of aliphatic carboxylic acids is 1. The number of carbonyl (C=O) groups excluding carboxylic acids is 2. The lowest BCUT2D eigenvalue weighted by Crippen LogP contribution is -2.50. The van der Waals surface area contributed by atoms with Gasteiger partial charge in [0, 0.05) is 12.2 Å². The Morgan fingerprint density at radius 3 is 2.83 bits per heavy atom. The van der Waals surface area contributed by atoms with Gasteiger partial charge in [0.15, 0.2) is 0 Å². The average Bonchev–Trinajstić information content (AvgIpc) is 2.50. The number of rotatable bonds is 5. The maximum absolute atomic E-state index is 13.1. The van der Waals surface area contributed by atoms with Crippen LogP contribution in [0.3, 0.4) is 0 Å². The number of nitrogens with zero attached hydrogens (tertiary/aromatic N) is 1. The summed E-state index contributed by atoms with van der Waals surface area (Å²) in [6.45, 7) is 0.636. The van der Waals surface area contributed by atoms with Crippen LogP contribution in [0.25, 0.3) is 0 Å². The van der Waals surface area contributed by atoms with Gasteiger partial charge in [0.1, 0.15) is 12.2 Å². The molecule has 0 spiro atoms. The molecule has 1 heterocycles. The molecule has 0 unspecified atom stereocenters. The van der Waals surface area contributed by atoms with Gasteiger partial charge in [-0.05, 0) is 18.2 Å². The van der Waals surface area contributed by atoms with Crippen LogP contribution in [0.2, 0.25) is 5.02 Å². The van der Waals surface area contributed by atoms with Gasteiger partial charge >= 0.3 is 5.97 Å². The number of carboxylic acid groups (broad SMARTS) is 1. The van der Waals surface area contributed by atoms with Crippen molar-refractivity contribution in [1.29, 1.82) is 0 Å². The van der Waals surface area contributed by atoms with Crippen molar-refractivity contribution in [3.63, 3.8) is 0 Å². The third kappa shape index (κ3) is 4.90. The maximum Gasteiger partial charge on any atom is 0.305 e. The molecule has 1 saturated heterocycles. The number of carbonyl (C=O) groups is 3. The molecule has 1 aliphatic rings. The van der Waals surface area contributed by atoms with Gasteiger partial charge in [-0.15, -0.1) is 0 Å². The Hall–Kier alpha value is -2.19. The Morgan fingerprint density at radius 2 is 2.17 bits per heavy atom. The van der Waals surface area contributed by atoms with Crippen molar-refractivity contribution in [3.05, 3.63) is 29.0 Å². The van der Waals surface area contributed by atoms with Gasteiger partial charge in [-0.3, -0.25) is 14.4 Å². The molecule has 1 aliphatic heterocycles. The largest absolute Gasteiger partial charge is 0.481 e. The number of hydrogen-bond acceptors (Lipinski definition) is 4. The molecule has 1 fully saturated rings. The van der Waals surface area contributed by atoms with Gasteiger partial charge in [0.25, 0.3) is 0 Å². The summed E-state index contributed by atoms with van der Waals surface area (Å²) >= 11 is 5.62. The standard InChI is InChI=1S/C15H16ClFN2O5/c16-11-5-9(1-2-12(11)17)18-13(20)7-14(21)19-3-4-24-8-10(19)6-15(22)23/h1-2,5,10H,3-4,6-8H2,(H,18,20)(H,22,23)/t10-/m0/s1. The fourth-order valence-corrected chi connectivity index (χ4v) is 2.55. The molecule has 0 aliphatic carbocycles. The quantitative estimate of drug-likeness (QED) is 0.778. The molecule has 0 saturated carbocycles. The highest BCUT2D eigenvalue weighted by atomic mass is 35.5. The molecule has 24 heavy (non-hydrogen) atoms. The van der Waals surface area contributed by atoms with E-state index >= 15 is 0 Å². The summed E-state index contributed by atoms with van der Waals surface area (Å²) in [5.74, 6) is -2.75. The van der Waals surface area contributed by atoms with E-state index in [9.17, 15) is 18.8 Å². The highest BCUT2D eigenvalue weighted by Crippen LogP contribution is 2.19. The lowest BCUT2D eigenvalue weighted by molar-refractivity contribution is -0.147. The van der Waals surface area contributed by atoms with Gasteiger partial charge in [-0.25, -0.2) is 4.39 Å². The van der Waals surface area contributed by atoms with E-state index < -0.39 is 36.1 Å². The Balaban J connectivity index is 1.95. The van der Waals surface area contributed by atoms with Crippen LogP contribution < -0.4 is 5.32 Å². The lowest BCUT2D eigenvalue weighted by atomic mass is 10.1. The molecule has 1 atom stereocenters. The first-order valence-electron chi connectivity index (χ1n) is 7.20. The molecule has 130 valence electrons. The van der Waals surface area contributed by atoms with Crippen molar-refractivity contribution < 1.29 is 28.6 Å². The number of carboxylic acids is 1. The van der Waals surface area contributed by atoms with E-state index in [-0.39, 0.29) is 36.9 Å². The third-order valence-electron chi connectivity index (χ3n) is 3.47. The second-order valence-corrected chi connectivity index (χ2v) is 5.67. The van der Waals surface area contributed by atoms with E-state index in [2.05, 4.69) is 5.32 Å². The molecule has 2 rings (SSSR count). The van der Waals surface area contributed by atoms with E-state index in [0.717, 1.165) is 6.07 Å². The fraction of sp³-hybridized carbons (Fsp3) is 0.400. The van der Waals surface area contributed by atoms with E-state index in [4.69, 9.17) is 21.4 Å². The number of ether oxygens (including phenoxy) is 1. The van der Waals surface area contributed by atoms with Crippen molar-refractivity contribution in [2.75, 3.05) is 25.1 Å². The summed E-state index contributed by atoms with van der Waals surface area (Å²) in [7, 11) is 0. The third-order valence-corrected chi connectivity index (χ3v) is 3.76. The predicted molar refractivity (Wildman–Crippen MR) is 83.2 cm³/mol. The average molecular weight is 359 g/mol. The van der Waals surface area contributed by atoms with Crippen LogP contribution in [0, 0.1) is 5.82 Å². The molecule has 0 bridgehead atoms. The molecule has 7 nitrogen and oxygen atoms in total. The SMILES string of the molecule is O=C(O)C[C@H]1COCCN1C(=O)CC(=O)Nc1ccc(F)c(Cl)c1. The molecule has 2 amide bonds. The number of nitrogens with one attached hydrogen (secondary N) is 1. The normalized spacial score (nSPS) is 17.4. The Kier molecular flexibility index (Phi) is 6.10.